The summed E-state index contributed by atoms with van der Waals surface area (Å²) in [4.78, 5) is 11.8. The molecule has 0 unspecified atom stereocenters. The molecule has 0 fully saturated rings. The van der Waals surface area contributed by atoms with Gasteiger partial charge in [0, 0.05) is 17.7 Å². The number of carbonyl (C=O) groups is 1. The lowest BCUT2D eigenvalue weighted by atomic mass is 10.0. The fourth-order valence-corrected chi connectivity index (χ4v) is 1.55. The first-order valence-corrected chi connectivity index (χ1v) is 5.47. The Morgan fingerprint density at radius 3 is 2.56 bits per heavy atom. The summed E-state index contributed by atoms with van der Waals surface area (Å²) in [5.41, 5.74) is 6.38. The minimum atomic E-state index is -0.0647. The summed E-state index contributed by atoms with van der Waals surface area (Å²) in [7, 11) is 0. The van der Waals surface area contributed by atoms with Crippen LogP contribution in [0.2, 0.25) is 0 Å². The highest BCUT2D eigenvalue weighted by atomic mass is 16.3. The predicted octanol–water partition coefficient (Wildman–Crippen LogP) is 2.35. The van der Waals surface area contributed by atoms with Gasteiger partial charge in [-0.1, -0.05) is 13.8 Å². The molecule has 0 aliphatic heterocycles. The number of carbonyl (C=O) groups excluding carboxylic acids is 1. The molecule has 16 heavy (non-hydrogen) atoms. The van der Waals surface area contributed by atoms with E-state index in [9.17, 15) is 9.90 Å². The van der Waals surface area contributed by atoms with Gasteiger partial charge in [0.05, 0.1) is 5.69 Å². The van der Waals surface area contributed by atoms with Crippen LogP contribution in [0.25, 0.3) is 0 Å². The summed E-state index contributed by atoms with van der Waals surface area (Å²) in [5.74, 6) is -0.0821. The number of phenolic OH excluding ortho intramolecular Hbond substituents is 1. The molecule has 4 N–H and O–H groups in total. The third-order valence-corrected chi connectivity index (χ3v) is 2.64. The van der Waals surface area contributed by atoms with E-state index in [1.54, 1.807) is 12.1 Å². The van der Waals surface area contributed by atoms with Gasteiger partial charge in [-0.05, 0) is 25.0 Å². The van der Waals surface area contributed by atoms with Crippen LogP contribution in [-0.2, 0) is 4.79 Å². The minimum Gasteiger partial charge on any atom is -0.506 e. The van der Waals surface area contributed by atoms with Crippen molar-refractivity contribution in [3.63, 3.8) is 0 Å². The molecule has 0 aliphatic rings. The summed E-state index contributed by atoms with van der Waals surface area (Å²) < 4.78 is 0. The van der Waals surface area contributed by atoms with E-state index in [1.165, 1.54) is 6.07 Å². The van der Waals surface area contributed by atoms with Gasteiger partial charge in [-0.3, -0.25) is 4.79 Å². The molecular formula is C12H18N2O2. The molecule has 4 heteroatoms. The number of nitrogen functional groups attached to an aromatic ring is 1. The first-order valence-electron chi connectivity index (χ1n) is 5.47. The SMILES string of the molecule is CCC(CC)C(=O)Nc1ccc(N)cc1O. The Kier molecular flexibility index (Phi) is 4.17. The van der Waals surface area contributed by atoms with Gasteiger partial charge in [-0.25, -0.2) is 0 Å². The van der Waals surface area contributed by atoms with Crippen molar-refractivity contribution in [2.24, 2.45) is 5.92 Å². The van der Waals surface area contributed by atoms with Crippen molar-refractivity contribution in [1.29, 1.82) is 0 Å². The molecule has 0 aromatic heterocycles. The molecule has 1 amide bonds. The Morgan fingerprint density at radius 1 is 1.44 bits per heavy atom. The lowest BCUT2D eigenvalue weighted by Crippen LogP contribution is -2.21. The molecular weight excluding hydrogens is 204 g/mol. The number of nitrogens with two attached hydrogens (primary N) is 1. The summed E-state index contributed by atoms with van der Waals surface area (Å²) >= 11 is 0. The molecule has 0 aliphatic carbocycles. The van der Waals surface area contributed by atoms with Crippen molar-refractivity contribution in [2.45, 2.75) is 26.7 Å². The quantitative estimate of drug-likeness (QED) is 0.540. The van der Waals surface area contributed by atoms with Crippen LogP contribution in [0.1, 0.15) is 26.7 Å². The maximum Gasteiger partial charge on any atom is 0.227 e. The molecule has 0 saturated heterocycles. The van der Waals surface area contributed by atoms with Crippen molar-refractivity contribution in [3.05, 3.63) is 18.2 Å². The minimum absolute atomic E-state index is 0.000642. The second-order valence-electron chi connectivity index (χ2n) is 3.78. The summed E-state index contributed by atoms with van der Waals surface area (Å²) in [6.07, 6.45) is 1.58. The number of anilines is 2. The zero-order valence-corrected chi connectivity index (χ0v) is 9.66. The number of hydrogen-bond acceptors (Lipinski definition) is 3. The molecule has 88 valence electrons. The summed E-state index contributed by atoms with van der Waals surface area (Å²) in [6, 6.07) is 4.66. The Morgan fingerprint density at radius 2 is 2.06 bits per heavy atom. The normalized spacial score (nSPS) is 10.4. The van der Waals surface area contributed by atoms with Crippen LogP contribution in [-0.4, -0.2) is 11.0 Å². The van der Waals surface area contributed by atoms with E-state index in [0.29, 0.717) is 11.4 Å². The van der Waals surface area contributed by atoms with Crippen LogP contribution in [0.5, 0.6) is 5.75 Å². The molecule has 0 heterocycles. The van der Waals surface area contributed by atoms with Gasteiger partial charge in [-0.15, -0.1) is 0 Å². The van der Waals surface area contributed by atoms with Crippen LogP contribution < -0.4 is 11.1 Å². The molecule has 1 aromatic carbocycles. The fourth-order valence-electron chi connectivity index (χ4n) is 1.55. The van der Waals surface area contributed by atoms with Crippen LogP contribution in [0, 0.1) is 5.92 Å². The van der Waals surface area contributed by atoms with E-state index in [1.807, 2.05) is 13.8 Å². The Balaban J connectivity index is 2.76. The molecule has 0 radical (unpaired) electrons. The highest BCUT2D eigenvalue weighted by Crippen LogP contribution is 2.26. The predicted molar refractivity (Wildman–Crippen MR) is 65.2 cm³/mol. The Hall–Kier alpha value is -1.71. The van der Waals surface area contributed by atoms with Gasteiger partial charge in [0.25, 0.3) is 0 Å². The van der Waals surface area contributed by atoms with E-state index in [4.69, 9.17) is 5.73 Å². The second kappa shape index (κ2) is 5.39. The van der Waals surface area contributed by atoms with E-state index in [0.717, 1.165) is 12.8 Å². The van der Waals surface area contributed by atoms with Gasteiger partial charge in [-0.2, -0.15) is 0 Å². The largest absolute Gasteiger partial charge is 0.506 e. The van der Waals surface area contributed by atoms with Crippen LogP contribution in [0.4, 0.5) is 11.4 Å². The van der Waals surface area contributed by atoms with Crippen molar-refractivity contribution in [2.75, 3.05) is 11.1 Å². The molecule has 0 saturated carbocycles. The van der Waals surface area contributed by atoms with Gasteiger partial charge in [0.1, 0.15) is 5.75 Å². The summed E-state index contributed by atoms with van der Waals surface area (Å²) in [5, 5.41) is 12.3. The van der Waals surface area contributed by atoms with Gasteiger partial charge < -0.3 is 16.2 Å². The zero-order valence-electron chi connectivity index (χ0n) is 9.66. The third-order valence-electron chi connectivity index (χ3n) is 2.64. The number of nitrogens with one attached hydrogen (secondary N) is 1. The molecule has 0 atom stereocenters. The van der Waals surface area contributed by atoms with Crippen molar-refractivity contribution in [3.8, 4) is 5.75 Å². The second-order valence-corrected chi connectivity index (χ2v) is 3.78. The number of phenols is 1. The van der Waals surface area contributed by atoms with Gasteiger partial charge in [0.15, 0.2) is 0 Å². The highest BCUT2D eigenvalue weighted by Gasteiger charge is 2.15. The van der Waals surface area contributed by atoms with Crippen LogP contribution in [0.3, 0.4) is 0 Å². The lowest BCUT2D eigenvalue weighted by Gasteiger charge is -2.13. The number of aromatic hydroxyl groups is 1. The monoisotopic (exact) mass is 222 g/mol. The Bertz CT molecular complexity index is 373. The Labute approximate surface area is 95.5 Å². The lowest BCUT2D eigenvalue weighted by molar-refractivity contribution is -0.120. The zero-order chi connectivity index (χ0) is 12.1. The maximum absolute atomic E-state index is 11.8. The average molecular weight is 222 g/mol. The standard InChI is InChI=1S/C12H18N2O2/c1-3-8(4-2)12(16)14-10-6-5-9(13)7-11(10)15/h5-8,15H,3-4,13H2,1-2H3,(H,14,16). The van der Waals surface area contributed by atoms with Crippen molar-refractivity contribution < 1.29 is 9.90 Å². The molecule has 0 bridgehead atoms. The van der Waals surface area contributed by atoms with E-state index >= 15 is 0 Å². The van der Waals surface area contributed by atoms with Crippen LogP contribution in [0.15, 0.2) is 18.2 Å². The highest BCUT2D eigenvalue weighted by molar-refractivity contribution is 5.94. The third kappa shape index (κ3) is 2.89. The fraction of sp³-hybridized carbons (Fsp3) is 0.417. The number of hydrogen-bond donors (Lipinski definition) is 3. The smallest absolute Gasteiger partial charge is 0.227 e. The number of rotatable bonds is 4. The molecule has 4 nitrogen and oxygen atoms in total. The number of benzene rings is 1. The van der Waals surface area contributed by atoms with Crippen molar-refractivity contribution in [1.82, 2.24) is 0 Å². The first-order chi connectivity index (χ1) is 7.58. The molecule has 1 aromatic rings. The topological polar surface area (TPSA) is 75.4 Å². The van der Waals surface area contributed by atoms with Gasteiger partial charge in [0.2, 0.25) is 5.91 Å². The van der Waals surface area contributed by atoms with Crippen LogP contribution >= 0.6 is 0 Å². The first kappa shape index (κ1) is 12.4. The molecule has 0 spiro atoms. The molecule has 1 rings (SSSR count). The van der Waals surface area contributed by atoms with Crippen molar-refractivity contribution >= 4 is 17.3 Å². The van der Waals surface area contributed by atoms with E-state index in [-0.39, 0.29) is 17.6 Å². The number of amides is 1. The van der Waals surface area contributed by atoms with E-state index < -0.39 is 0 Å². The maximum atomic E-state index is 11.8. The average Bonchev–Trinajstić information content (AvgIpc) is 2.24. The van der Waals surface area contributed by atoms with E-state index in [2.05, 4.69) is 5.32 Å². The van der Waals surface area contributed by atoms with Gasteiger partial charge >= 0.3 is 0 Å². The summed E-state index contributed by atoms with van der Waals surface area (Å²) in [6.45, 7) is 3.94.